The Labute approximate surface area is 135 Å². The number of benzene rings is 1. The number of sulfonamides is 1. The first kappa shape index (κ1) is 15.9. The molecule has 2 heterocycles. The quantitative estimate of drug-likeness (QED) is 0.901. The van der Waals surface area contributed by atoms with Crippen LogP contribution in [0.1, 0.15) is 5.56 Å². The van der Waals surface area contributed by atoms with E-state index in [2.05, 4.69) is 9.97 Å². The zero-order valence-corrected chi connectivity index (χ0v) is 13.6. The smallest absolute Gasteiger partial charge is 0.243 e. The van der Waals surface area contributed by atoms with Gasteiger partial charge in [0, 0.05) is 18.7 Å². The normalized spacial score (nSPS) is 16.4. The Kier molecular flexibility index (Phi) is 4.29. The van der Waals surface area contributed by atoms with E-state index in [1.54, 1.807) is 24.4 Å². The van der Waals surface area contributed by atoms with Crippen molar-refractivity contribution < 1.29 is 13.2 Å². The summed E-state index contributed by atoms with van der Waals surface area (Å²) in [5.41, 5.74) is 7.85. The van der Waals surface area contributed by atoms with Gasteiger partial charge in [-0.15, -0.1) is 0 Å². The summed E-state index contributed by atoms with van der Waals surface area (Å²) in [4.78, 5) is 8.52. The maximum atomic E-state index is 12.7. The maximum Gasteiger partial charge on any atom is 0.243 e. The molecule has 0 saturated carbocycles. The van der Waals surface area contributed by atoms with Gasteiger partial charge in [0.05, 0.1) is 36.2 Å². The third-order valence-corrected chi connectivity index (χ3v) is 5.65. The van der Waals surface area contributed by atoms with Crippen molar-refractivity contribution in [2.45, 2.75) is 11.8 Å². The standard InChI is InChI=1S/C15H18N4O3S/c1-11-8-12(23(20,21)19-4-6-22-7-5-19)2-3-13(11)14-9-18-15(16)10-17-14/h2-3,8-10H,4-7H2,1H3,(H2,16,18). The van der Waals surface area contributed by atoms with E-state index in [9.17, 15) is 8.42 Å². The SMILES string of the molecule is Cc1cc(S(=O)(=O)N2CCOCC2)ccc1-c1cnc(N)cn1. The first-order valence-corrected chi connectivity index (χ1v) is 8.69. The highest BCUT2D eigenvalue weighted by atomic mass is 32.2. The van der Waals surface area contributed by atoms with E-state index in [-0.39, 0.29) is 4.90 Å². The molecule has 1 aromatic heterocycles. The largest absolute Gasteiger partial charge is 0.382 e. The van der Waals surface area contributed by atoms with Crippen LogP contribution in [0, 0.1) is 6.92 Å². The molecule has 0 aliphatic carbocycles. The molecule has 2 N–H and O–H groups in total. The number of aryl methyl sites for hydroxylation is 1. The van der Waals surface area contributed by atoms with Gasteiger partial charge in [-0.1, -0.05) is 6.07 Å². The van der Waals surface area contributed by atoms with Crippen LogP contribution >= 0.6 is 0 Å². The number of anilines is 1. The fraction of sp³-hybridized carbons (Fsp3) is 0.333. The molecule has 0 amide bonds. The fourth-order valence-corrected chi connectivity index (χ4v) is 3.99. The lowest BCUT2D eigenvalue weighted by Gasteiger charge is -2.26. The Morgan fingerprint density at radius 2 is 1.91 bits per heavy atom. The van der Waals surface area contributed by atoms with Crippen LogP contribution in [0.25, 0.3) is 11.3 Å². The second kappa shape index (κ2) is 6.23. The van der Waals surface area contributed by atoms with Gasteiger partial charge in [0.15, 0.2) is 0 Å². The minimum Gasteiger partial charge on any atom is -0.382 e. The molecule has 0 unspecified atom stereocenters. The van der Waals surface area contributed by atoms with Crippen LogP contribution < -0.4 is 5.73 Å². The molecule has 1 aromatic carbocycles. The minimum absolute atomic E-state index is 0.282. The molecular formula is C15H18N4O3S. The Hall–Kier alpha value is -2.03. The fourth-order valence-electron chi connectivity index (χ4n) is 2.50. The van der Waals surface area contributed by atoms with Gasteiger partial charge in [-0.05, 0) is 24.6 Å². The van der Waals surface area contributed by atoms with Gasteiger partial charge in [0.2, 0.25) is 10.0 Å². The minimum atomic E-state index is -3.49. The van der Waals surface area contributed by atoms with Crippen molar-refractivity contribution in [2.75, 3.05) is 32.0 Å². The van der Waals surface area contributed by atoms with Crippen LogP contribution in [0.15, 0.2) is 35.5 Å². The summed E-state index contributed by atoms with van der Waals surface area (Å²) in [6, 6.07) is 5.02. The highest BCUT2D eigenvalue weighted by molar-refractivity contribution is 7.89. The molecule has 122 valence electrons. The van der Waals surface area contributed by atoms with Crippen molar-refractivity contribution in [2.24, 2.45) is 0 Å². The number of rotatable bonds is 3. The molecule has 1 fully saturated rings. The maximum absolute atomic E-state index is 12.7. The van der Waals surface area contributed by atoms with Crippen molar-refractivity contribution >= 4 is 15.8 Å². The summed E-state index contributed by atoms with van der Waals surface area (Å²) in [7, 11) is -3.49. The summed E-state index contributed by atoms with van der Waals surface area (Å²) < 4.78 is 32.0. The second-order valence-corrected chi connectivity index (χ2v) is 7.26. The number of hydrogen-bond acceptors (Lipinski definition) is 6. The molecule has 3 rings (SSSR count). The molecule has 1 aliphatic rings. The van der Waals surface area contributed by atoms with Gasteiger partial charge >= 0.3 is 0 Å². The van der Waals surface area contributed by atoms with Gasteiger partial charge in [0.1, 0.15) is 5.82 Å². The first-order chi connectivity index (χ1) is 11.0. The average molecular weight is 334 g/mol. The van der Waals surface area contributed by atoms with E-state index in [0.29, 0.717) is 37.8 Å². The van der Waals surface area contributed by atoms with Crippen LogP contribution in [0.3, 0.4) is 0 Å². The molecule has 0 atom stereocenters. The molecular weight excluding hydrogens is 316 g/mol. The average Bonchev–Trinajstić information content (AvgIpc) is 2.56. The summed E-state index contributed by atoms with van der Waals surface area (Å²) in [5.74, 6) is 0.345. The molecule has 1 saturated heterocycles. The number of aromatic nitrogens is 2. The molecule has 0 bridgehead atoms. The summed E-state index contributed by atoms with van der Waals surface area (Å²) in [5, 5.41) is 0. The highest BCUT2D eigenvalue weighted by Crippen LogP contribution is 2.26. The van der Waals surface area contributed by atoms with Crippen molar-refractivity contribution in [3.63, 3.8) is 0 Å². The van der Waals surface area contributed by atoms with Crippen molar-refractivity contribution in [1.82, 2.24) is 14.3 Å². The van der Waals surface area contributed by atoms with Crippen molar-refractivity contribution in [3.8, 4) is 11.3 Å². The van der Waals surface area contributed by atoms with Gasteiger partial charge < -0.3 is 10.5 Å². The van der Waals surface area contributed by atoms with Crippen molar-refractivity contribution in [1.29, 1.82) is 0 Å². The first-order valence-electron chi connectivity index (χ1n) is 7.25. The van der Waals surface area contributed by atoms with Crippen LogP contribution in [-0.4, -0.2) is 49.0 Å². The summed E-state index contributed by atoms with van der Waals surface area (Å²) >= 11 is 0. The van der Waals surface area contributed by atoms with E-state index >= 15 is 0 Å². The van der Waals surface area contributed by atoms with E-state index in [1.165, 1.54) is 10.5 Å². The number of ether oxygens (including phenoxy) is 1. The van der Waals surface area contributed by atoms with Crippen LogP contribution in [0.4, 0.5) is 5.82 Å². The van der Waals surface area contributed by atoms with Gasteiger partial charge in [-0.2, -0.15) is 4.31 Å². The number of nitrogens with zero attached hydrogens (tertiary/aromatic N) is 3. The Balaban J connectivity index is 1.94. The molecule has 2 aromatic rings. The number of nitrogen functional groups attached to an aromatic ring is 1. The van der Waals surface area contributed by atoms with E-state index in [1.807, 2.05) is 6.92 Å². The Morgan fingerprint density at radius 1 is 1.17 bits per heavy atom. The number of hydrogen-bond donors (Lipinski definition) is 1. The molecule has 1 aliphatic heterocycles. The summed E-state index contributed by atoms with van der Waals surface area (Å²) in [6.45, 7) is 3.47. The van der Waals surface area contributed by atoms with Gasteiger partial charge in [-0.25, -0.2) is 13.4 Å². The third kappa shape index (κ3) is 3.19. The molecule has 23 heavy (non-hydrogen) atoms. The summed E-state index contributed by atoms with van der Waals surface area (Å²) in [6.07, 6.45) is 3.06. The Bertz CT molecular complexity index is 800. The predicted octanol–water partition coefficient (Wildman–Crippen LogP) is 1.06. The van der Waals surface area contributed by atoms with Crippen LogP contribution in [-0.2, 0) is 14.8 Å². The number of nitrogens with two attached hydrogens (primary N) is 1. The zero-order chi connectivity index (χ0) is 16.4. The second-order valence-electron chi connectivity index (χ2n) is 5.32. The molecule has 0 radical (unpaired) electrons. The lowest BCUT2D eigenvalue weighted by Crippen LogP contribution is -2.40. The molecule has 0 spiro atoms. The molecule has 7 nitrogen and oxygen atoms in total. The zero-order valence-electron chi connectivity index (χ0n) is 12.8. The highest BCUT2D eigenvalue weighted by Gasteiger charge is 2.26. The Morgan fingerprint density at radius 3 is 2.52 bits per heavy atom. The third-order valence-electron chi connectivity index (χ3n) is 3.75. The molecule has 8 heteroatoms. The van der Waals surface area contributed by atoms with E-state index < -0.39 is 10.0 Å². The topological polar surface area (TPSA) is 98.4 Å². The lowest BCUT2D eigenvalue weighted by atomic mass is 10.1. The van der Waals surface area contributed by atoms with E-state index in [0.717, 1.165) is 11.1 Å². The lowest BCUT2D eigenvalue weighted by molar-refractivity contribution is 0.0730. The van der Waals surface area contributed by atoms with Crippen molar-refractivity contribution in [3.05, 3.63) is 36.2 Å². The number of morpholine rings is 1. The monoisotopic (exact) mass is 334 g/mol. The van der Waals surface area contributed by atoms with Crippen LogP contribution in [0.2, 0.25) is 0 Å². The van der Waals surface area contributed by atoms with Gasteiger partial charge in [-0.3, -0.25) is 4.98 Å². The van der Waals surface area contributed by atoms with Gasteiger partial charge in [0.25, 0.3) is 0 Å². The predicted molar refractivity (Wildman–Crippen MR) is 86.2 cm³/mol. The van der Waals surface area contributed by atoms with Crippen LogP contribution in [0.5, 0.6) is 0 Å². The van der Waals surface area contributed by atoms with E-state index in [4.69, 9.17) is 10.5 Å².